The van der Waals surface area contributed by atoms with E-state index in [0.29, 0.717) is 25.3 Å². The molecule has 0 saturated heterocycles. The molecule has 1 aliphatic heterocycles. The van der Waals surface area contributed by atoms with Crippen LogP contribution in [0, 0.1) is 0 Å². The van der Waals surface area contributed by atoms with Gasteiger partial charge in [-0.05, 0) is 19.4 Å². The fraction of sp³-hybridized carbons (Fsp3) is 0.462. The Hall–Kier alpha value is -2.35. The molecule has 3 N–H and O–H groups in total. The van der Waals surface area contributed by atoms with Gasteiger partial charge in [0.1, 0.15) is 5.69 Å². The summed E-state index contributed by atoms with van der Waals surface area (Å²) in [5.41, 5.74) is 1.35. The molecule has 0 aliphatic carbocycles. The molecule has 1 amide bonds. The number of aliphatic hydroxyl groups is 1. The van der Waals surface area contributed by atoms with Gasteiger partial charge in [0.15, 0.2) is 0 Å². The zero-order valence-corrected chi connectivity index (χ0v) is 11.7. The molecule has 0 spiro atoms. The molecule has 8 heteroatoms. The lowest BCUT2D eigenvalue weighted by Gasteiger charge is -2.18. The van der Waals surface area contributed by atoms with E-state index in [9.17, 15) is 14.7 Å². The number of nitrogens with zero attached hydrogens (tertiary/aromatic N) is 3. The van der Waals surface area contributed by atoms with Gasteiger partial charge in [-0.2, -0.15) is 5.10 Å². The van der Waals surface area contributed by atoms with Crippen LogP contribution in [-0.2, 0) is 13.1 Å². The van der Waals surface area contributed by atoms with Gasteiger partial charge in [-0.1, -0.05) is 0 Å². The second-order valence-corrected chi connectivity index (χ2v) is 5.20. The van der Waals surface area contributed by atoms with Crippen molar-refractivity contribution in [3.63, 3.8) is 0 Å². The number of imidazole rings is 1. The smallest absolute Gasteiger partial charge is 0.323 e. The second-order valence-electron chi connectivity index (χ2n) is 5.20. The lowest BCUT2D eigenvalue weighted by molar-refractivity contribution is 0.0740. The maximum absolute atomic E-state index is 12.4. The number of aryl methyl sites for hydroxylation is 1. The monoisotopic (exact) mass is 291 g/mol. The Labute approximate surface area is 120 Å². The van der Waals surface area contributed by atoms with Crippen LogP contribution in [0.3, 0.4) is 0 Å². The van der Waals surface area contributed by atoms with Crippen molar-refractivity contribution in [1.29, 1.82) is 0 Å². The van der Waals surface area contributed by atoms with E-state index in [1.165, 1.54) is 6.20 Å². The van der Waals surface area contributed by atoms with Gasteiger partial charge >= 0.3 is 5.69 Å². The molecular weight excluding hydrogens is 274 g/mol. The first kappa shape index (κ1) is 13.6. The minimum Gasteiger partial charge on any atom is -0.387 e. The number of nitrogens with one attached hydrogen (secondary N) is 2. The van der Waals surface area contributed by atoms with Gasteiger partial charge < -0.3 is 20.0 Å². The number of hydrogen-bond acceptors (Lipinski definition) is 4. The SMILES string of the molecule is CC(O)c1cc2n(n1)CCCN(C(=O)c1c[nH]c(=O)[nH]1)C2. The van der Waals surface area contributed by atoms with Crippen LogP contribution in [0.25, 0.3) is 0 Å². The molecule has 1 unspecified atom stereocenters. The van der Waals surface area contributed by atoms with Crippen molar-refractivity contribution in [2.75, 3.05) is 6.54 Å². The Kier molecular flexibility index (Phi) is 3.38. The summed E-state index contributed by atoms with van der Waals surface area (Å²) in [5, 5.41) is 13.9. The van der Waals surface area contributed by atoms with Crippen molar-refractivity contribution in [1.82, 2.24) is 24.6 Å². The molecule has 112 valence electrons. The number of aromatic amines is 2. The van der Waals surface area contributed by atoms with Crippen LogP contribution in [0.1, 0.15) is 41.3 Å². The molecule has 3 rings (SSSR count). The van der Waals surface area contributed by atoms with Crippen LogP contribution < -0.4 is 5.69 Å². The van der Waals surface area contributed by atoms with Crippen LogP contribution in [0.15, 0.2) is 17.1 Å². The predicted octanol–water partition coefficient (Wildman–Crippen LogP) is -0.00110. The Morgan fingerprint density at radius 2 is 2.29 bits per heavy atom. The van der Waals surface area contributed by atoms with Gasteiger partial charge in [-0.15, -0.1) is 0 Å². The van der Waals surface area contributed by atoms with E-state index >= 15 is 0 Å². The average molecular weight is 291 g/mol. The summed E-state index contributed by atoms with van der Waals surface area (Å²) >= 11 is 0. The van der Waals surface area contributed by atoms with Gasteiger partial charge in [0.2, 0.25) is 0 Å². The number of H-pyrrole nitrogens is 2. The van der Waals surface area contributed by atoms with E-state index in [-0.39, 0.29) is 11.6 Å². The van der Waals surface area contributed by atoms with Crippen LogP contribution in [-0.4, -0.2) is 42.2 Å². The summed E-state index contributed by atoms with van der Waals surface area (Å²) in [6.45, 7) is 3.37. The molecule has 0 bridgehead atoms. The summed E-state index contributed by atoms with van der Waals surface area (Å²) in [6.07, 6.45) is 1.53. The number of aliphatic hydroxyl groups excluding tert-OH is 1. The van der Waals surface area contributed by atoms with Gasteiger partial charge in [-0.25, -0.2) is 4.79 Å². The van der Waals surface area contributed by atoms with E-state index in [4.69, 9.17) is 0 Å². The molecule has 0 aromatic carbocycles. The maximum atomic E-state index is 12.4. The molecule has 21 heavy (non-hydrogen) atoms. The van der Waals surface area contributed by atoms with E-state index in [2.05, 4.69) is 15.1 Å². The van der Waals surface area contributed by atoms with Crippen molar-refractivity contribution in [2.45, 2.75) is 32.5 Å². The first-order valence-corrected chi connectivity index (χ1v) is 6.86. The number of carbonyl (C=O) groups is 1. The van der Waals surface area contributed by atoms with Crippen molar-refractivity contribution in [3.05, 3.63) is 39.8 Å². The highest BCUT2D eigenvalue weighted by Gasteiger charge is 2.23. The molecule has 0 saturated carbocycles. The first-order chi connectivity index (χ1) is 10.0. The number of aromatic nitrogens is 4. The first-order valence-electron chi connectivity index (χ1n) is 6.86. The third-order valence-electron chi connectivity index (χ3n) is 3.57. The Morgan fingerprint density at radius 1 is 1.48 bits per heavy atom. The Morgan fingerprint density at radius 3 is 2.95 bits per heavy atom. The topological polar surface area (TPSA) is 107 Å². The highest BCUT2D eigenvalue weighted by atomic mass is 16.3. The normalized spacial score (nSPS) is 16.4. The van der Waals surface area contributed by atoms with Crippen LogP contribution in [0.5, 0.6) is 0 Å². The van der Waals surface area contributed by atoms with Crippen LogP contribution in [0.2, 0.25) is 0 Å². The number of hydrogen-bond donors (Lipinski definition) is 3. The van der Waals surface area contributed by atoms with Crippen LogP contribution >= 0.6 is 0 Å². The molecule has 2 aromatic rings. The summed E-state index contributed by atoms with van der Waals surface area (Å²) in [4.78, 5) is 30.1. The van der Waals surface area contributed by atoms with Gasteiger partial charge in [0.05, 0.1) is 24.0 Å². The number of carbonyl (C=O) groups excluding carboxylic acids is 1. The highest BCUT2D eigenvalue weighted by molar-refractivity contribution is 5.92. The van der Waals surface area contributed by atoms with E-state index < -0.39 is 11.8 Å². The largest absolute Gasteiger partial charge is 0.387 e. The fourth-order valence-electron chi connectivity index (χ4n) is 2.48. The minimum atomic E-state index is -0.630. The molecule has 8 nitrogen and oxygen atoms in total. The summed E-state index contributed by atoms with van der Waals surface area (Å²) < 4.78 is 1.83. The molecule has 2 aromatic heterocycles. The van der Waals surface area contributed by atoms with Crippen molar-refractivity contribution in [2.24, 2.45) is 0 Å². The lowest BCUT2D eigenvalue weighted by Crippen LogP contribution is -2.31. The second kappa shape index (κ2) is 5.21. The molecule has 3 heterocycles. The van der Waals surface area contributed by atoms with E-state index in [1.54, 1.807) is 11.8 Å². The Balaban J connectivity index is 1.84. The Bertz CT molecular complexity index is 711. The minimum absolute atomic E-state index is 0.221. The summed E-state index contributed by atoms with van der Waals surface area (Å²) in [6, 6.07) is 1.82. The van der Waals surface area contributed by atoms with Gasteiger partial charge in [-0.3, -0.25) is 9.48 Å². The predicted molar refractivity (Wildman–Crippen MR) is 73.6 cm³/mol. The van der Waals surface area contributed by atoms with Gasteiger partial charge in [0, 0.05) is 19.3 Å². The number of fused-ring (bicyclic) bond motifs is 1. The molecule has 1 atom stereocenters. The fourth-order valence-corrected chi connectivity index (χ4v) is 2.48. The number of rotatable bonds is 2. The lowest BCUT2D eigenvalue weighted by atomic mass is 10.2. The van der Waals surface area contributed by atoms with Crippen molar-refractivity contribution in [3.8, 4) is 0 Å². The zero-order valence-electron chi connectivity index (χ0n) is 11.7. The third kappa shape index (κ3) is 2.62. The maximum Gasteiger partial charge on any atom is 0.323 e. The highest BCUT2D eigenvalue weighted by Crippen LogP contribution is 2.18. The molecule has 0 fully saturated rings. The van der Waals surface area contributed by atoms with Gasteiger partial charge in [0.25, 0.3) is 5.91 Å². The third-order valence-corrected chi connectivity index (χ3v) is 3.57. The van der Waals surface area contributed by atoms with Crippen molar-refractivity contribution < 1.29 is 9.90 Å². The number of amides is 1. The van der Waals surface area contributed by atoms with E-state index in [0.717, 1.165) is 12.1 Å². The van der Waals surface area contributed by atoms with Crippen molar-refractivity contribution >= 4 is 5.91 Å². The standard InChI is InChI=1S/C13H17N5O3/c1-8(19)10-5-9-7-17(3-2-4-18(9)16-10)12(20)11-6-14-13(21)15-11/h5-6,8,19H,2-4,7H2,1H3,(H2,14,15,21). The molecule has 1 aliphatic rings. The average Bonchev–Trinajstić information content (AvgIpc) is 2.99. The summed E-state index contributed by atoms with van der Waals surface area (Å²) in [5.74, 6) is -0.221. The van der Waals surface area contributed by atoms with Crippen LogP contribution in [0.4, 0.5) is 0 Å². The summed E-state index contributed by atoms with van der Waals surface area (Å²) in [7, 11) is 0. The molecular formula is C13H17N5O3. The molecule has 0 radical (unpaired) electrons. The van der Waals surface area contributed by atoms with E-state index in [1.807, 2.05) is 10.7 Å². The zero-order chi connectivity index (χ0) is 15.0. The quantitative estimate of drug-likeness (QED) is 0.723.